The van der Waals surface area contributed by atoms with E-state index in [1.807, 2.05) is 11.4 Å². The number of hydrogen-bond acceptors (Lipinski definition) is 4. The first-order valence-corrected chi connectivity index (χ1v) is 6.70. The molecule has 0 unspecified atom stereocenters. The molecule has 15 heavy (non-hydrogen) atoms. The van der Waals surface area contributed by atoms with Crippen molar-refractivity contribution < 1.29 is 4.79 Å². The van der Waals surface area contributed by atoms with Crippen LogP contribution in [-0.4, -0.2) is 23.4 Å². The molecule has 5 heteroatoms. The Bertz CT molecular complexity index is 360. The van der Waals surface area contributed by atoms with E-state index in [2.05, 4.69) is 16.4 Å². The Labute approximate surface area is 97.0 Å². The van der Waals surface area contributed by atoms with Gasteiger partial charge in [-0.05, 0) is 17.9 Å². The topological polar surface area (TPSA) is 41.5 Å². The van der Waals surface area contributed by atoms with Gasteiger partial charge in [-0.25, -0.2) is 0 Å². The first-order chi connectivity index (χ1) is 7.34. The van der Waals surface area contributed by atoms with Gasteiger partial charge in [-0.3, -0.25) is 9.79 Å². The van der Waals surface area contributed by atoms with E-state index >= 15 is 0 Å². The molecule has 0 aromatic carbocycles. The lowest BCUT2D eigenvalue weighted by Crippen LogP contribution is -2.27. The van der Waals surface area contributed by atoms with Gasteiger partial charge in [0, 0.05) is 17.1 Å². The zero-order valence-corrected chi connectivity index (χ0v) is 9.87. The number of amidine groups is 1. The number of thioether (sulfide) groups is 1. The van der Waals surface area contributed by atoms with Crippen LogP contribution in [0, 0.1) is 0 Å². The van der Waals surface area contributed by atoms with Crippen LogP contribution in [-0.2, 0) is 11.2 Å². The predicted molar refractivity (Wildman–Crippen MR) is 65.5 cm³/mol. The van der Waals surface area contributed by atoms with Crippen molar-refractivity contribution in [3.63, 3.8) is 0 Å². The summed E-state index contributed by atoms with van der Waals surface area (Å²) in [5, 5.41) is 5.64. The first-order valence-electron chi connectivity index (χ1n) is 4.84. The molecule has 0 aliphatic carbocycles. The number of carbonyl (C=O) groups excluding carboxylic acids is 1. The normalized spacial score (nSPS) is 15.1. The van der Waals surface area contributed by atoms with Gasteiger partial charge in [-0.1, -0.05) is 17.8 Å². The lowest BCUT2D eigenvalue weighted by molar-refractivity contribution is -0.119. The molecule has 1 aromatic heterocycles. The van der Waals surface area contributed by atoms with Crippen LogP contribution in [0.15, 0.2) is 22.5 Å². The molecular weight excluding hydrogens is 228 g/mol. The third kappa shape index (κ3) is 3.35. The summed E-state index contributed by atoms with van der Waals surface area (Å²) < 4.78 is 0. The Kier molecular flexibility index (Phi) is 3.80. The Balaban J connectivity index is 1.73. The van der Waals surface area contributed by atoms with Crippen molar-refractivity contribution >= 4 is 34.2 Å². The summed E-state index contributed by atoms with van der Waals surface area (Å²) in [7, 11) is 0. The van der Waals surface area contributed by atoms with Crippen LogP contribution < -0.4 is 5.32 Å². The van der Waals surface area contributed by atoms with Crippen LogP contribution in [0.4, 0.5) is 0 Å². The van der Waals surface area contributed by atoms with Crippen LogP contribution in [0.3, 0.4) is 0 Å². The van der Waals surface area contributed by atoms with Gasteiger partial charge in [0.1, 0.15) is 0 Å². The summed E-state index contributed by atoms with van der Waals surface area (Å²) in [5.74, 6) is 1.05. The number of aliphatic imine (C=N–C) groups is 1. The highest BCUT2D eigenvalue weighted by atomic mass is 32.2. The van der Waals surface area contributed by atoms with Crippen LogP contribution in [0.25, 0.3) is 0 Å². The minimum absolute atomic E-state index is 0.0663. The van der Waals surface area contributed by atoms with Gasteiger partial charge < -0.3 is 5.32 Å². The molecule has 0 saturated heterocycles. The Morgan fingerprint density at radius 1 is 1.60 bits per heavy atom. The number of nitrogens with one attached hydrogen (secondary N) is 1. The van der Waals surface area contributed by atoms with Crippen LogP contribution in [0.2, 0.25) is 0 Å². The van der Waals surface area contributed by atoms with Gasteiger partial charge in [0.05, 0.1) is 6.54 Å². The minimum atomic E-state index is 0.0663. The summed E-state index contributed by atoms with van der Waals surface area (Å²) in [6.45, 7) is 0.825. The van der Waals surface area contributed by atoms with Gasteiger partial charge in [-0.15, -0.1) is 11.3 Å². The van der Waals surface area contributed by atoms with Gasteiger partial charge in [0.15, 0.2) is 5.17 Å². The van der Waals surface area contributed by atoms with Gasteiger partial charge in [0.2, 0.25) is 5.91 Å². The van der Waals surface area contributed by atoms with E-state index in [1.54, 1.807) is 23.1 Å². The molecule has 2 heterocycles. The molecule has 1 amide bonds. The molecule has 0 radical (unpaired) electrons. The van der Waals surface area contributed by atoms with Crippen LogP contribution in [0.5, 0.6) is 0 Å². The molecule has 1 aromatic rings. The highest BCUT2D eigenvalue weighted by Gasteiger charge is 2.10. The van der Waals surface area contributed by atoms with Crippen molar-refractivity contribution in [2.24, 2.45) is 4.99 Å². The minimum Gasteiger partial charge on any atom is -0.305 e. The van der Waals surface area contributed by atoms with Gasteiger partial charge in [0.25, 0.3) is 0 Å². The molecule has 0 saturated carbocycles. The zero-order chi connectivity index (χ0) is 10.5. The highest BCUT2D eigenvalue weighted by Crippen LogP contribution is 2.12. The summed E-state index contributed by atoms with van der Waals surface area (Å²) in [5.41, 5.74) is 0. The van der Waals surface area contributed by atoms with E-state index < -0.39 is 0 Å². The SMILES string of the molecule is O=C(CCc1cccs1)NC1=NCCS1. The van der Waals surface area contributed by atoms with Crippen molar-refractivity contribution in [1.29, 1.82) is 0 Å². The van der Waals surface area contributed by atoms with Crippen molar-refractivity contribution in [3.05, 3.63) is 22.4 Å². The quantitative estimate of drug-likeness (QED) is 0.876. The summed E-state index contributed by atoms with van der Waals surface area (Å²) >= 11 is 3.31. The molecule has 80 valence electrons. The van der Waals surface area contributed by atoms with E-state index in [9.17, 15) is 4.79 Å². The fraction of sp³-hybridized carbons (Fsp3) is 0.400. The third-order valence-corrected chi connectivity index (χ3v) is 3.84. The molecular formula is C10H12N2OS2. The largest absolute Gasteiger partial charge is 0.305 e. The number of hydrogen-bond donors (Lipinski definition) is 1. The lowest BCUT2D eigenvalue weighted by atomic mass is 10.2. The monoisotopic (exact) mass is 240 g/mol. The molecule has 3 nitrogen and oxygen atoms in total. The maximum absolute atomic E-state index is 11.5. The second-order valence-corrected chi connectivity index (χ2v) is 5.28. The highest BCUT2D eigenvalue weighted by molar-refractivity contribution is 8.14. The third-order valence-electron chi connectivity index (χ3n) is 2.01. The zero-order valence-electron chi connectivity index (χ0n) is 8.23. The molecule has 1 aliphatic heterocycles. The molecule has 1 aliphatic rings. The van der Waals surface area contributed by atoms with Gasteiger partial charge >= 0.3 is 0 Å². The molecule has 2 rings (SSSR count). The average Bonchev–Trinajstić information content (AvgIpc) is 2.86. The maximum atomic E-state index is 11.5. The lowest BCUT2D eigenvalue weighted by Gasteiger charge is -2.02. The number of amides is 1. The van der Waals surface area contributed by atoms with E-state index in [0.717, 1.165) is 23.9 Å². The van der Waals surface area contributed by atoms with E-state index in [1.165, 1.54) is 4.88 Å². The number of nitrogens with zero attached hydrogens (tertiary/aromatic N) is 1. The molecule has 0 fully saturated rings. The molecule has 0 spiro atoms. The van der Waals surface area contributed by atoms with Crippen molar-refractivity contribution in [2.45, 2.75) is 12.8 Å². The fourth-order valence-electron chi connectivity index (χ4n) is 1.28. The van der Waals surface area contributed by atoms with E-state index in [4.69, 9.17) is 0 Å². The van der Waals surface area contributed by atoms with Crippen molar-refractivity contribution in [2.75, 3.05) is 12.3 Å². The second-order valence-electron chi connectivity index (χ2n) is 3.16. The summed E-state index contributed by atoms with van der Waals surface area (Å²) in [4.78, 5) is 16.9. The fourth-order valence-corrected chi connectivity index (χ4v) is 2.74. The van der Waals surface area contributed by atoms with E-state index in [-0.39, 0.29) is 5.91 Å². The number of rotatable bonds is 3. The van der Waals surface area contributed by atoms with Crippen molar-refractivity contribution in [3.8, 4) is 0 Å². The summed E-state index contributed by atoms with van der Waals surface area (Å²) in [6.07, 6.45) is 1.36. The second kappa shape index (κ2) is 5.32. The van der Waals surface area contributed by atoms with Crippen LogP contribution >= 0.6 is 23.1 Å². The summed E-state index contributed by atoms with van der Waals surface area (Å²) in [6, 6.07) is 4.06. The Morgan fingerprint density at radius 3 is 3.20 bits per heavy atom. The maximum Gasteiger partial charge on any atom is 0.226 e. The van der Waals surface area contributed by atoms with Crippen molar-refractivity contribution in [1.82, 2.24) is 5.32 Å². The Hall–Kier alpha value is -0.810. The molecule has 1 N–H and O–H groups in total. The number of thiophene rings is 1. The first kappa shape index (κ1) is 10.7. The smallest absolute Gasteiger partial charge is 0.226 e. The molecule has 0 atom stereocenters. The van der Waals surface area contributed by atoms with Crippen LogP contribution in [0.1, 0.15) is 11.3 Å². The molecule has 0 bridgehead atoms. The number of carbonyl (C=O) groups is 1. The average molecular weight is 240 g/mol. The standard InChI is InChI=1S/C10H12N2OS2/c13-9(12-10-11-5-7-15-10)4-3-8-2-1-6-14-8/h1-2,6H,3-5,7H2,(H,11,12,13). The van der Waals surface area contributed by atoms with Gasteiger partial charge in [-0.2, -0.15) is 0 Å². The Morgan fingerprint density at radius 2 is 2.53 bits per heavy atom. The number of aryl methyl sites for hydroxylation is 1. The van der Waals surface area contributed by atoms with E-state index in [0.29, 0.717) is 6.42 Å². The predicted octanol–water partition coefficient (Wildman–Crippen LogP) is 1.90.